The lowest BCUT2D eigenvalue weighted by molar-refractivity contribution is 0.0481. The van der Waals surface area contributed by atoms with Gasteiger partial charge in [0.2, 0.25) is 0 Å². The number of hydrogen-bond acceptors (Lipinski definition) is 4. The Morgan fingerprint density at radius 1 is 0.826 bits per heavy atom. The minimum atomic E-state index is 0.353. The van der Waals surface area contributed by atoms with E-state index in [1.807, 2.05) is 0 Å². The topological polar surface area (TPSA) is 21.8 Å². The van der Waals surface area contributed by atoms with Gasteiger partial charge in [-0.1, -0.05) is 0 Å². The molecule has 0 aromatic rings. The fourth-order valence-corrected chi connectivity index (χ4v) is 4.63. The normalized spacial score (nSPS) is 28.3. The molecule has 3 heterocycles. The van der Waals surface area contributed by atoms with Gasteiger partial charge in [-0.05, 0) is 78.6 Å². The van der Waals surface area contributed by atoms with Crippen LogP contribution in [-0.2, 0) is 0 Å². The van der Waals surface area contributed by atoms with E-state index in [2.05, 4.69) is 40.8 Å². The van der Waals surface area contributed by atoms with Gasteiger partial charge in [-0.3, -0.25) is 9.80 Å². The SMILES string of the molecule is CC(C)(C)N1CCC(CN2CCN(C3CCNCC3)CC2)CC1. The number of nitrogens with one attached hydrogen (secondary N) is 1. The highest BCUT2D eigenvalue weighted by Gasteiger charge is 2.29. The van der Waals surface area contributed by atoms with Crippen LogP contribution < -0.4 is 5.32 Å². The van der Waals surface area contributed by atoms with Crippen molar-refractivity contribution >= 4 is 0 Å². The van der Waals surface area contributed by atoms with E-state index in [0.29, 0.717) is 5.54 Å². The van der Waals surface area contributed by atoms with E-state index in [-0.39, 0.29) is 0 Å². The number of rotatable bonds is 3. The van der Waals surface area contributed by atoms with Crippen molar-refractivity contribution < 1.29 is 0 Å². The molecule has 0 unspecified atom stereocenters. The Morgan fingerprint density at radius 3 is 2.00 bits per heavy atom. The van der Waals surface area contributed by atoms with Gasteiger partial charge in [-0.15, -0.1) is 0 Å². The largest absolute Gasteiger partial charge is 0.317 e. The molecule has 3 aliphatic heterocycles. The first-order valence-electron chi connectivity index (χ1n) is 9.94. The Kier molecular flexibility index (Phi) is 6.00. The molecule has 3 rings (SSSR count). The predicted molar refractivity (Wildman–Crippen MR) is 98.0 cm³/mol. The first-order chi connectivity index (χ1) is 11.0. The lowest BCUT2D eigenvalue weighted by Gasteiger charge is -2.44. The number of nitrogens with zero attached hydrogens (tertiary/aromatic N) is 3. The van der Waals surface area contributed by atoms with E-state index in [0.717, 1.165) is 12.0 Å². The molecular weight excluding hydrogens is 284 g/mol. The van der Waals surface area contributed by atoms with Crippen LogP contribution in [0.1, 0.15) is 46.5 Å². The second-order valence-electron chi connectivity index (χ2n) is 8.92. The molecule has 3 fully saturated rings. The van der Waals surface area contributed by atoms with E-state index in [1.165, 1.54) is 84.6 Å². The second-order valence-corrected chi connectivity index (χ2v) is 8.92. The maximum atomic E-state index is 3.49. The molecule has 0 spiro atoms. The Hall–Kier alpha value is -0.160. The van der Waals surface area contributed by atoms with Crippen molar-refractivity contribution in [3.05, 3.63) is 0 Å². The van der Waals surface area contributed by atoms with Crippen LogP contribution in [0.4, 0.5) is 0 Å². The Bertz CT molecular complexity index is 343. The van der Waals surface area contributed by atoms with Crippen LogP contribution in [0, 0.1) is 5.92 Å². The molecule has 4 nitrogen and oxygen atoms in total. The Morgan fingerprint density at radius 2 is 1.43 bits per heavy atom. The van der Waals surface area contributed by atoms with Crippen LogP contribution in [0.15, 0.2) is 0 Å². The summed E-state index contributed by atoms with van der Waals surface area (Å²) in [5.41, 5.74) is 0.353. The van der Waals surface area contributed by atoms with E-state index in [9.17, 15) is 0 Å². The minimum absolute atomic E-state index is 0.353. The molecule has 0 radical (unpaired) electrons. The molecular formula is C19H38N4. The van der Waals surface area contributed by atoms with E-state index >= 15 is 0 Å². The zero-order valence-electron chi connectivity index (χ0n) is 15.7. The molecule has 4 heteroatoms. The summed E-state index contributed by atoms with van der Waals surface area (Å²) in [5, 5.41) is 3.49. The molecule has 0 aromatic heterocycles. The predicted octanol–water partition coefficient (Wildman–Crippen LogP) is 1.87. The van der Waals surface area contributed by atoms with Crippen LogP contribution in [0.2, 0.25) is 0 Å². The summed E-state index contributed by atoms with van der Waals surface area (Å²) in [6.07, 6.45) is 5.49. The second kappa shape index (κ2) is 7.81. The van der Waals surface area contributed by atoms with Gasteiger partial charge in [0, 0.05) is 44.3 Å². The molecule has 0 amide bonds. The maximum Gasteiger partial charge on any atom is 0.0125 e. The standard InChI is InChI=1S/C19H38N4/c1-19(2,3)23-10-6-17(7-11-23)16-21-12-14-22(15-13-21)18-4-8-20-9-5-18/h17-18,20H,4-16H2,1-3H3. The molecule has 3 aliphatic rings. The van der Waals surface area contributed by atoms with Crippen LogP contribution >= 0.6 is 0 Å². The molecule has 1 N–H and O–H groups in total. The summed E-state index contributed by atoms with van der Waals surface area (Å²) in [4.78, 5) is 8.17. The monoisotopic (exact) mass is 322 g/mol. The minimum Gasteiger partial charge on any atom is -0.317 e. The highest BCUT2D eigenvalue weighted by atomic mass is 15.3. The van der Waals surface area contributed by atoms with Gasteiger partial charge in [0.1, 0.15) is 0 Å². The van der Waals surface area contributed by atoms with Crippen molar-refractivity contribution in [1.29, 1.82) is 0 Å². The first-order valence-corrected chi connectivity index (χ1v) is 9.94. The van der Waals surface area contributed by atoms with Gasteiger partial charge in [0.05, 0.1) is 0 Å². The number of piperazine rings is 1. The Labute approximate surface area is 143 Å². The molecule has 0 atom stereocenters. The van der Waals surface area contributed by atoms with Gasteiger partial charge >= 0.3 is 0 Å². The van der Waals surface area contributed by atoms with Crippen LogP contribution in [0.25, 0.3) is 0 Å². The van der Waals surface area contributed by atoms with E-state index in [4.69, 9.17) is 0 Å². The van der Waals surface area contributed by atoms with Crippen molar-refractivity contribution in [2.75, 3.05) is 58.9 Å². The lowest BCUT2D eigenvalue weighted by atomic mass is 9.92. The molecule has 0 aromatic carbocycles. The van der Waals surface area contributed by atoms with Gasteiger partial charge in [-0.2, -0.15) is 0 Å². The molecule has 0 saturated carbocycles. The highest BCUT2D eigenvalue weighted by molar-refractivity contribution is 4.85. The van der Waals surface area contributed by atoms with Crippen LogP contribution in [0.3, 0.4) is 0 Å². The van der Waals surface area contributed by atoms with Gasteiger partial charge < -0.3 is 10.2 Å². The van der Waals surface area contributed by atoms with Crippen molar-refractivity contribution in [2.24, 2.45) is 5.92 Å². The quantitative estimate of drug-likeness (QED) is 0.856. The number of hydrogen-bond donors (Lipinski definition) is 1. The van der Waals surface area contributed by atoms with Crippen LogP contribution in [-0.4, -0.2) is 85.2 Å². The number of likely N-dealkylation sites (tertiary alicyclic amines) is 1. The summed E-state index contributed by atoms with van der Waals surface area (Å²) in [6, 6.07) is 0.855. The highest BCUT2D eigenvalue weighted by Crippen LogP contribution is 2.25. The van der Waals surface area contributed by atoms with Gasteiger partial charge in [0.25, 0.3) is 0 Å². The lowest BCUT2D eigenvalue weighted by Crippen LogP contribution is -2.54. The van der Waals surface area contributed by atoms with Crippen LogP contribution in [0.5, 0.6) is 0 Å². The fraction of sp³-hybridized carbons (Fsp3) is 1.00. The number of piperidine rings is 2. The summed E-state index contributed by atoms with van der Waals surface area (Å²) < 4.78 is 0. The average molecular weight is 323 g/mol. The molecule has 23 heavy (non-hydrogen) atoms. The summed E-state index contributed by atoms with van der Waals surface area (Å²) in [5.74, 6) is 0.930. The smallest absolute Gasteiger partial charge is 0.0125 e. The van der Waals surface area contributed by atoms with Gasteiger partial charge in [0.15, 0.2) is 0 Å². The third kappa shape index (κ3) is 4.91. The Balaban J connectivity index is 1.36. The fourth-order valence-electron chi connectivity index (χ4n) is 4.63. The summed E-state index contributed by atoms with van der Waals surface area (Å²) >= 11 is 0. The summed E-state index contributed by atoms with van der Waals surface area (Å²) in [7, 11) is 0. The average Bonchev–Trinajstić information content (AvgIpc) is 2.56. The molecule has 134 valence electrons. The zero-order valence-corrected chi connectivity index (χ0v) is 15.7. The van der Waals surface area contributed by atoms with Crippen molar-refractivity contribution in [3.8, 4) is 0 Å². The third-order valence-electron chi connectivity index (χ3n) is 6.31. The maximum absolute atomic E-state index is 3.49. The van der Waals surface area contributed by atoms with Crippen molar-refractivity contribution in [2.45, 2.75) is 58.0 Å². The molecule has 0 aliphatic carbocycles. The van der Waals surface area contributed by atoms with E-state index < -0.39 is 0 Å². The molecule has 3 saturated heterocycles. The van der Waals surface area contributed by atoms with Crippen molar-refractivity contribution in [3.63, 3.8) is 0 Å². The molecule has 0 bridgehead atoms. The third-order valence-corrected chi connectivity index (χ3v) is 6.31. The van der Waals surface area contributed by atoms with E-state index in [1.54, 1.807) is 0 Å². The van der Waals surface area contributed by atoms with Gasteiger partial charge in [-0.25, -0.2) is 0 Å². The summed E-state index contributed by atoms with van der Waals surface area (Å²) in [6.45, 7) is 18.6. The zero-order chi connectivity index (χ0) is 16.3. The first kappa shape index (κ1) is 17.7. The van der Waals surface area contributed by atoms with Crippen molar-refractivity contribution in [1.82, 2.24) is 20.0 Å².